The van der Waals surface area contributed by atoms with Crippen molar-refractivity contribution < 1.29 is 13.9 Å². The number of aryl methyl sites for hydroxylation is 1. The van der Waals surface area contributed by atoms with Crippen LogP contribution in [-0.2, 0) is 17.8 Å². The lowest BCUT2D eigenvalue weighted by Gasteiger charge is -2.11. The second-order valence-corrected chi connectivity index (χ2v) is 7.30. The van der Waals surface area contributed by atoms with Crippen LogP contribution in [0.2, 0.25) is 5.02 Å². The van der Waals surface area contributed by atoms with Gasteiger partial charge in [-0.25, -0.2) is 4.39 Å². The molecule has 2 aromatic carbocycles. The first-order chi connectivity index (χ1) is 14.1. The first kappa shape index (κ1) is 19.4. The number of anilines is 1. The number of carbonyl (C=O) groups excluding carboxylic acids is 1. The molecule has 0 saturated heterocycles. The van der Waals surface area contributed by atoms with Crippen LogP contribution in [0.5, 0.6) is 5.75 Å². The van der Waals surface area contributed by atoms with Gasteiger partial charge in [0.25, 0.3) is 5.91 Å². The van der Waals surface area contributed by atoms with E-state index in [1.54, 1.807) is 6.07 Å². The summed E-state index contributed by atoms with van der Waals surface area (Å²) in [6.07, 6.45) is 4.37. The molecule has 3 aromatic rings. The lowest BCUT2D eigenvalue weighted by Crippen LogP contribution is -2.20. The van der Waals surface area contributed by atoms with Gasteiger partial charge >= 0.3 is 0 Å². The van der Waals surface area contributed by atoms with Crippen LogP contribution < -0.4 is 10.1 Å². The summed E-state index contributed by atoms with van der Waals surface area (Å²) >= 11 is 5.91. The third kappa shape index (κ3) is 4.56. The molecule has 0 fully saturated rings. The highest BCUT2D eigenvalue weighted by Gasteiger charge is 2.16. The van der Waals surface area contributed by atoms with E-state index in [0.717, 1.165) is 49.1 Å². The van der Waals surface area contributed by atoms with Gasteiger partial charge in [-0.3, -0.25) is 4.79 Å². The number of hydrogen-bond acceptors (Lipinski definition) is 4. The van der Waals surface area contributed by atoms with Gasteiger partial charge < -0.3 is 14.6 Å². The molecule has 6 nitrogen and oxygen atoms in total. The number of benzene rings is 2. The minimum atomic E-state index is -0.463. The van der Waals surface area contributed by atoms with E-state index in [9.17, 15) is 9.18 Å². The van der Waals surface area contributed by atoms with Crippen LogP contribution in [0.25, 0.3) is 11.4 Å². The fourth-order valence-corrected chi connectivity index (χ4v) is 3.59. The van der Waals surface area contributed by atoms with Crippen molar-refractivity contribution in [1.82, 2.24) is 14.8 Å². The molecule has 0 saturated carbocycles. The minimum Gasteiger partial charge on any atom is -0.482 e. The van der Waals surface area contributed by atoms with Crippen molar-refractivity contribution in [2.45, 2.75) is 32.2 Å². The van der Waals surface area contributed by atoms with Crippen molar-refractivity contribution in [2.75, 3.05) is 11.9 Å². The average molecular weight is 415 g/mol. The Kier molecular flexibility index (Phi) is 5.76. The predicted octanol–water partition coefficient (Wildman–Crippen LogP) is 4.48. The van der Waals surface area contributed by atoms with Gasteiger partial charge in [-0.15, -0.1) is 10.2 Å². The normalized spacial score (nSPS) is 13.4. The Morgan fingerprint density at radius 3 is 2.93 bits per heavy atom. The number of aromatic nitrogens is 3. The number of nitrogens with zero attached hydrogens (tertiary/aromatic N) is 3. The van der Waals surface area contributed by atoms with E-state index in [4.69, 9.17) is 16.3 Å². The maximum Gasteiger partial charge on any atom is 0.262 e. The van der Waals surface area contributed by atoms with Gasteiger partial charge in [0.1, 0.15) is 17.4 Å². The van der Waals surface area contributed by atoms with Crippen LogP contribution in [0.3, 0.4) is 0 Å². The van der Waals surface area contributed by atoms with Crippen LogP contribution in [0.4, 0.5) is 10.1 Å². The maximum absolute atomic E-state index is 13.1. The van der Waals surface area contributed by atoms with Crippen molar-refractivity contribution in [1.29, 1.82) is 0 Å². The number of nitrogens with one attached hydrogen (secondary N) is 1. The van der Waals surface area contributed by atoms with Crippen molar-refractivity contribution in [3.8, 4) is 17.1 Å². The molecule has 1 amide bonds. The number of halogens is 2. The molecular formula is C21H20ClFN4O2. The minimum absolute atomic E-state index is 0.118. The van der Waals surface area contributed by atoms with E-state index < -0.39 is 5.82 Å². The van der Waals surface area contributed by atoms with E-state index in [2.05, 4.69) is 20.1 Å². The molecule has 0 radical (unpaired) electrons. The molecular weight excluding hydrogens is 395 g/mol. The summed E-state index contributed by atoms with van der Waals surface area (Å²) in [5.41, 5.74) is 1.53. The van der Waals surface area contributed by atoms with Crippen LogP contribution in [0.1, 0.15) is 25.1 Å². The van der Waals surface area contributed by atoms with E-state index >= 15 is 0 Å². The SMILES string of the molecule is O=C(COc1ccc(F)cc1Cl)Nc1cccc(-c2nnc3n2CCCCC3)c1. The van der Waals surface area contributed by atoms with Gasteiger partial charge in [0.15, 0.2) is 12.4 Å². The Labute approximate surface area is 172 Å². The highest BCUT2D eigenvalue weighted by atomic mass is 35.5. The molecule has 1 aromatic heterocycles. The van der Waals surface area contributed by atoms with Crippen LogP contribution in [-0.4, -0.2) is 27.3 Å². The van der Waals surface area contributed by atoms with Crippen molar-refractivity contribution >= 4 is 23.2 Å². The Bertz CT molecular complexity index is 1040. The third-order valence-corrected chi connectivity index (χ3v) is 5.06. The molecule has 1 aliphatic rings. The van der Waals surface area contributed by atoms with E-state index in [1.165, 1.54) is 18.6 Å². The molecule has 4 rings (SSSR count). The Hall–Kier alpha value is -2.93. The van der Waals surface area contributed by atoms with Gasteiger partial charge in [-0.05, 0) is 43.2 Å². The second kappa shape index (κ2) is 8.61. The van der Waals surface area contributed by atoms with Crippen LogP contribution in [0, 0.1) is 5.82 Å². The van der Waals surface area contributed by atoms with Crippen LogP contribution in [0.15, 0.2) is 42.5 Å². The molecule has 0 atom stereocenters. The summed E-state index contributed by atoms with van der Waals surface area (Å²) in [5.74, 6) is 1.27. The first-order valence-electron chi connectivity index (χ1n) is 9.50. The third-order valence-electron chi connectivity index (χ3n) is 4.77. The molecule has 1 N–H and O–H groups in total. The van der Waals surface area contributed by atoms with Gasteiger partial charge in [-0.1, -0.05) is 30.2 Å². The van der Waals surface area contributed by atoms with Crippen molar-refractivity contribution in [3.63, 3.8) is 0 Å². The highest BCUT2D eigenvalue weighted by molar-refractivity contribution is 6.32. The predicted molar refractivity (Wildman–Crippen MR) is 109 cm³/mol. The Morgan fingerprint density at radius 1 is 1.17 bits per heavy atom. The largest absolute Gasteiger partial charge is 0.482 e. The molecule has 0 unspecified atom stereocenters. The summed E-state index contributed by atoms with van der Waals surface area (Å²) in [4.78, 5) is 12.3. The molecule has 0 bridgehead atoms. The lowest BCUT2D eigenvalue weighted by molar-refractivity contribution is -0.118. The zero-order valence-corrected chi connectivity index (χ0v) is 16.5. The van der Waals surface area contributed by atoms with Crippen LogP contribution >= 0.6 is 11.6 Å². The number of hydrogen-bond donors (Lipinski definition) is 1. The van der Waals surface area contributed by atoms with Gasteiger partial charge in [0.2, 0.25) is 0 Å². The van der Waals surface area contributed by atoms with Gasteiger partial charge in [0, 0.05) is 24.2 Å². The maximum atomic E-state index is 13.1. The number of rotatable bonds is 5. The molecule has 2 heterocycles. The van der Waals surface area contributed by atoms with E-state index in [0.29, 0.717) is 5.69 Å². The smallest absolute Gasteiger partial charge is 0.262 e. The topological polar surface area (TPSA) is 69.0 Å². The number of ether oxygens (including phenoxy) is 1. The monoisotopic (exact) mass is 414 g/mol. The Balaban J connectivity index is 1.44. The second-order valence-electron chi connectivity index (χ2n) is 6.89. The molecule has 29 heavy (non-hydrogen) atoms. The zero-order valence-electron chi connectivity index (χ0n) is 15.7. The van der Waals surface area contributed by atoms with E-state index in [-0.39, 0.29) is 23.3 Å². The summed E-state index contributed by atoms with van der Waals surface area (Å²) < 4.78 is 20.6. The molecule has 8 heteroatoms. The van der Waals surface area contributed by atoms with Gasteiger partial charge in [0.05, 0.1) is 5.02 Å². The fraction of sp³-hybridized carbons (Fsp3) is 0.286. The average Bonchev–Trinajstić information content (AvgIpc) is 2.96. The standard InChI is InChI=1S/C21H20ClFN4O2/c22-17-12-15(23)8-9-18(17)29-13-20(28)24-16-6-4-5-14(11-16)21-26-25-19-7-2-1-3-10-27(19)21/h4-6,8-9,11-12H,1-3,7,10,13H2,(H,24,28). The Morgan fingerprint density at radius 2 is 2.07 bits per heavy atom. The lowest BCUT2D eigenvalue weighted by atomic mass is 10.2. The highest BCUT2D eigenvalue weighted by Crippen LogP contribution is 2.26. The van der Waals surface area contributed by atoms with E-state index in [1.807, 2.05) is 18.2 Å². The van der Waals surface area contributed by atoms with Crippen molar-refractivity contribution in [2.24, 2.45) is 0 Å². The number of amides is 1. The zero-order chi connectivity index (χ0) is 20.2. The summed E-state index contributed by atoms with van der Waals surface area (Å²) in [6.45, 7) is 0.663. The summed E-state index contributed by atoms with van der Waals surface area (Å²) in [7, 11) is 0. The molecule has 0 aliphatic carbocycles. The van der Waals surface area contributed by atoms with Gasteiger partial charge in [-0.2, -0.15) is 0 Å². The number of carbonyl (C=O) groups is 1. The quantitative estimate of drug-likeness (QED) is 0.668. The summed E-state index contributed by atoms with van der Waals surface area (Å²) in [6, 6.07) is 11.2. The first-order valence-corrected chi connectivity index (χ1v) is 9.88. The fourth-order valence-electron chi connectivity index (χ4n) is 3.37. The molecule has 1 aliphatic heterocycles. The molecule has 150 valence electrons. The summed E-state index contributed by atoms with van der Waals surface area (Å²) in [5, 5.41) is 11.6. The van der Waals surface area contributed by atoms with Crippen molar-refractivity contribution in [3.05, 3.63) is 59.1 Å². The number of fused-ring (bicyclic) bond motifs is 1. The molecule has 0 spiro atoms.